The Hall–Kier alpha value is -1.20. The van der Waals surface area contributed by atoms with Crippen LogP contribution in [0.15, 0.2) is 0 Å². The van der Waals surface area contributed by atoms with Crippen molar-refractivity contribution in [1.29, 1.82) is 0 Å². The summed E-state index contributed by atoms with van der Waals surface area (Å²) in [5.74, 6) is 0. The summed E-state index contributed by atoms with van der Waals surface area (Å²) in [6.45, 7) is -5.45. The summed E-state index contributed by atoms with van der Waals surface area (Å²) in [5.41, 5.74) is 0. The Morgan fingerprint density at radius 3 is 0.662 bits per heavy atom. The summed E-state index contributed by atoms with van der Waals surface area (Å²) in [5, 5.41) is 198. The van der Waals surface area contributed by atoms with Crippen LogP contribution < -0.4 is 0 Å². The zero-order valence-electron chi connectivity index (χ0n) is 34.0. The van der Waals surface area contributed by atoms with Crippen LogP contribution >= 0.6 is 0 Å². The predicted octanol–water partition coefficient (Wildman–Crippen LogP) is -13.5. The van der Waals surface area contributed by atoms with Crippen molar-refractivity contribution in [2.75, 3.05) is 39.6 Å². The average Bonchev–Trinajstić information content (AvgIpc) is 3.57. The molecule has 0 aromatic heterocycles. The Bertz CT molecular complexity index is 1450. The van der Waals surface area contributed by atoms with E-state index in [1.54, 1.807) is 0 Å². The van der Waals surface area contributed by atoms with Crippen molar-refractivity contribution in [3.63, 3.8) is 0 Å². The van der Waals surface area contributed by atoms with E-state index in [1.807, 2.05) is 0 Å². The van der Waals surface area contributed by atoms with Crippen LogP contribution in [-0.2, 0) is 52.1 Å². The van der Waals surface area contributed by atoms with Gasteiger partial charge in [0.15, 0.2) is 37.7 Å². The van der Waals surface area contributed by atoms with Crippen molar-refractivity contribution in [3.8, 4) is 0 Å². The highest BCUT2D eigenvalue weighted by atomic mass is 16.8. The van der Waals surface area contributed by atoms with Gasteiger partial charge in [-0.1, -0.05) is 0 Å². The van der Waals surface area contributed by atoms with E-state index >= 15 is 0 Å². The quantitative estimate of drug-likeness (QED) is 0.0683. The average molecular weight is 961 g/mol. The zero-order chi connectivity index (χ0) is 47.8. The van der Waals surface area contributed by atoms with E-state index in [0.717, 1.165) is 0 Å². The van der Waals surface area contributed by atoms with Gasteiger partial charge in [0.1, 0.15) is 140 Å². The lowest BCUT2D eigenvalue weighted by Crippen LogP contribution is -2.68. The molecule has 0 spiro atoms. The molecule has 0 saturated carbocycles. The maximum absolute atomic E-state index is 11.2. The van der Waals surface area contributed by atoms with E-state index in [2.05, 4.69) is 0 Å². The van der Waals surface area contributed by atoms with Gasteiger partial charge in [-0.25, -0.2) is 0 Å². The van der Waals surface area contributed by atoms with E-state index in [4.69, 9.17) is 52.1 Å². The minimum Gasteiger partial charge on any atom is -0.394 e. The fourth-order valence-electron chi connectivity index (χ4n) is 8.32. The SMILES string of the molecule is OC[C@H]1O[C@@H](O[C@H]2[C@H](O)[C@@H](O)[C@@H](O[C@H]3[C@H](O)[C@@H](O)[C@@H](O[C@H]4[C@H](O)[C@@H](O)[C@@H](O[C@H]5[C@H](O)[C@@H](O)[C@@H](O[C@H]6[C@H](O)[C@@H](O)C(O)O[C@@H]6CO)O[C@@H]5CO)O[C@@H]4CO)O[C@@H]3CO)O[C@@H]2CO)[C@H](O)[C@@H]1O. The number of aliphatic hydroxyl groups is 19. The minimum atomic E-state index is -2.16. The smallest absolute Gasteiger partial charge is 0.187 e. The Balaban J connectivity index is 1.07. The Morgan fingerprint density at radius 1 is 0.231 bits per heavy atom. The number of hydrogen-bond acceptors (Lipinski definition) is 30. The van der Waals surface area contributed by atoms with Crippen LogP contribution in [-0.4, -0.2) is 315 Å². The monoisotopic (exact) mass is 960 g/mol. The van der Waals surface area contributed by atoms with Gasteiger partial charge >= 0.3 is 0 Å². The molecule has 0 aromatic rings. The molecule has 29 atom stereocenters. The van der Waals surface area contributed by atoms with Gasteiger partial charge in [-0.05, 0) is 0 Å². The first-order chi connectivity index (χ1) is 30.8. The number of hydrogen-bond donors (Lipinski definition) is 19. The molecule has 19 N–H and O–H groups in total. The second kappa shape index (κ2) is 22.7. The number of ether oxygens (including phenoxy) is 11. The van der Waals surface area contributed by atoms with Crippen LogP contribution in [0.3, 0.4) is 0 Å². The van der Waals surface area contributed by atoms with Crippen molar-refractivity contribution in [2.45, 2.75) is 178 Å². The predicted molar refractivity (Wildman–Crippen MR) is 193 cm³/mol. The molecule has 0 radical (unpaired) electrons. The largest absolute Gasteiger partial charge is 0.394 e. The second-order valence-electron chi connectivity index (χ2n) is 16.3. The molecule has 6 fully saturated rings. The molecule has 6 rings (SSSR count). The number of aliphatic hydroxyl groups excluding tert-OH is 19. The minimum absolute atomic E-state index is 0.711. The summed E-state index contributed by atoms with van der Waals surface area (Å²) in [6.07, 6.45) is -53.2. The van der Waals surface area contributed by atoms with Gasteiger partial charge in [0.25, 0.3) is 0 Å². The van der Waals surface area contributed by atoms with Crippen LogP contribution in [0, 0.1) is 0 Å². The summed E-state index contributed by atoms with van der Waals surface area (Å²) >= 11 is 0. The fourth-order valence-corrected chi connectivity index (χ4v) is 8.32. The third kappa shape index (κ3) is 10.8. The summed E-state index contributed by atoms with van der Waals surface area (Å²) in [4.78, 5) is 0. The van der Waals surface area contributed by atoms with Crippen molar-refractivity contribution < 1.29 is 149 Å². The Labute approximate surface area is 366 Å². The molecule has 6 saturated heterocycles. The highest BCUT2D eigenvalue weighted by Gasteiger charge is 2.57. The molecule has 65 heavy (non-hydrogen) atoms. The topological polar surface area (TPSA) is 486 Å². The van der Waals surface area contributed by atoms with Gasteiger partial charge in [-0.15, -0.1) is 0 Å². The molecular weight excluding hydrogens is 900 g/mol. The summed E-state index contributed by atoms with van der Waals surface area (Å²) in [7, 11) is 0. The van der Waals surface area contributed by atoms with Crippen molar-refractivity contribution >= 4 is 0 Å². The molecule has 0 aromatic carbocycles. The first-order valence-corrected chi connectivity index (χ1v) is 20.6. The zero-order valence-corrected chi connectivity index (χ0v) is 34.0. The van der Waals surface area contributed by atoms with Gasteiger partial charge in [-0.3, -0.25) is 0 Å². The third-order valence-electron chi connectivity index (χ3n) is 12.1. The highest BCUT2D eigenvalue weighted by molar-refractivity contribution is 4.99. The molecule has 0 amide bonds. The lowest BCUT2D eigenvalue weighted by Gasteiger charge is -2.49. The molecule has 0 bridgehead atoms. The van der Waals surface area contributed by atoms with Crippen molar-refractivity contribution in [1.82, 2.24) is 0 Å². The van der Waals surface area contributed by atoms with E-state index < -0.39 is 218 Å². The lowest BCUT2D eigenvalue weighted by molar-refractivity contribution is -0.394. The number of rotatable bonds is 16. The molecule has 6 heterocycles. The van der Waals surface area contributed by atoms with Crippen molar-refractivity contribution in [2.24, 2.45) is 0 Å². The van der Waals surface area contributed by atoms with Gasteiger partial charge < -0.3 is 149 Å². The third-order valence-corrected chi connectivity index (χ3v) is 12.1. The second-order valence-corrected chi connectivity index (χ2v) is 16.3. The summed E-state index contributed by atoms with van der Waals surface area (Å²) in [6, 6.07) is 0. The Morgan fingerprint density at radius 2 is 0.431 bits per heavy atom. The molecule has 6 aliphatic heterocycles. The van der Waals surface area contributed by atoms with E-state index in [-0.39, 0.29) is 0 Å². The van der Waals surface area contributed by atoms with Gasteiger partial charge in [0.05, 0.1) is 39.6 Å². The van der Waals surface area contributed by atoms with Gasteiger partial charge in [-0.2, -0.15) is 0 Å². The van der Waals surface area contributed by atoms with Gasteiger partial charge in [0.2, 0.25) is 0 Å². The van der Waals surface area contributed by atoms with Crippen LogP contribution in [0.25, 0.3) is 0 Å². The maximum atomic E-state index is 11.2. The van der Waals surface area contributed by atoms with E-state index in [0.29, 0.717) is 0 Å². The van der Waals surface area contributed by atoms with E-state index in [1.165, 1.54) is 0 Å². The molecule has 380 valence electrons. The van der Waals surface area contributed by atoms with Crippen LogP contribution in [0.2, 0.25) is 0 Å². The van der Waals surface area contributed by atoms with Crippen LogP contribution in [0.4, 0.5) is 0 Å². The molecule has 30 heteroatoms. The summed E-state index contributed by atoms with van der Waals surface area (Å²) < 4.78 is 60.4. The molecule has 1 unspecified atom stereocenters. The lowest BCUT2D eigenvalue weighted by atomic mass is 9.95. The first-order valence-electron chi connectivity index (χ1n) is 20.6. The van der Waals surface area contributed by atoms with Crippen molar-refractivity contribution in [3.05, 3.63) is 0 Å². The molecule has 6 aliphatic rings. The standard InChI is InChI=1S/C35H60O30/c36-1-7-13(42)20(49)31(56-7)62-26-9(3-38)58-33(22(51)15(26)44)64-28-11(5-40)60-35(24(53)17(28)46)65-29-12(6-41)59-34(23(52)18(29)47)63-27-10(4-39)57-32(21(50)16(27)45)61-25-8(2-37)55-30(54)19(48)14(25)43/h7-54H,1-6H2/t7-,8-,9-,10-,11-,12-,13-,14-,15-,16-,17-,18-,19-,20-,21-,22-,23-,24-,25-,26-,27-,28-,29-,30?,31+,32-,33-,34-,35-/m1/s1. The highest BCUT2D eigenvalue weighted by Crippen LogP contribution is 2.36. The maximum Gasteiger partial charge on any atom is 0.187 e. The molecular formula is C35H60O30. The Kier molecular flexibility index (Phi) is 18.6. The molecule has 0 aliphatic carbocycles. The first kappa shape index (κ1) is 53.2. The van der Waals surface area contributed by atoms with Crippen LogP contribution in [0.1, 0.15) is 0 Å². The molecule has 30 nitrogen and oxygen atoms in total. The van der Waals surface area contributed by atoms with Crippen LogP contribution in [0.5, 0.6) is 0 Å². The van der Waals surface area contributed by atoms with Gasteiger partial charge in [0, 0.05) is 0 Å². The van der Waals surface area contributed by atoms with E-state index in [9.17, 15) is 97.0 Å². The fraction of sp³-hybridized carbons (Fsp3) is 1.00. The normalized spacial score (nSPS) is 53.3.